The van der Waals surface area contributed by atoms with Crippen LogP contribution in [0.4, 0.5) is 0 Å². The third-order valence-corrected chi connectivity index (χ3v) is 4.04. The third-order valence-electron chi connectivity index (χ3n) is 2.62. The van der Waals surface area contributed by atoms with Gasteiger partial charge in [-0.1, -0.05) is 11.6 Å². The summed E-state index contributed by atoms with van der Waals surface area (Å²) in [6, 6.07) is 3.63. The number of nitrogens with zero attached hydrogens (tertiary/aromatic N) is 2. The largest absolute Gasteiger partial charge is 0.343 e. The molecule has 0 aliphatic carbocycles. The summed E-state index contributed by atoms with van der Waals surface area (Å²) >= 11 is 7.33. The first-order valence-electron chi connectivity index (χ1n) is 5.88. The number of imidazole rings is 1. The normalized spacial score (nSPS) is 12.4. The van der Waals surface area contributed by atoms with Gasteiger partial charge in [0.25, 0.3) is 5.91 Å². The first-order chi connectivity index (χ1) is 9.10. The molecular weight excluding hydrogens is 284 g/mol. The molecule has 1 amide bonds. The molecular formula is C12H15ClN4OS. The first-order valence-corrected chi connectivity index (χ1v) is 7.07. The quantitative estimate of drug-likeness (QED) is 0.887. The minimum Gasteiger partial charge on any atom is -0.343 e. The Kier molecular flexibility index (Phi) is 4.57. The number of aromatic nitrogens is 2. The molecule has 2 aromatic rings. The number of carbonyl (C=O) groups is 1. The molecule has 0 aromatic carbocycles. The second-order valence-electron chi connectivity index (χ2n) is 4.12. The van der Waals surface area contributed by atoms with Crippen molar-refractivity contribution in [2.75, 3.05) is 6.54 Å². The van der Waals surface area contributed by atoms with Gasteiger partial charge in [-0.25, -0.2) is 4.98 Å². The van der Waals surface area contributed by atoms with E-state index in [0.29, 0.717) is 23.1 Å². The maximum absolute atomic E-state index is 12.0. The average molecular weight is 299 g/mol. The zero-order chi connectivity index (χ0) is 13.8. The molecule has 3 N–H and O–H groups in total. The number of hydrogen-bond acceptors (Lipinski definition) is 4. The molecule has 0 spiro atoms. The zero-order valence-corrected chi connectivity index (χ0v) is 12.0. The van der Waals surface area contributed by atoms with Crippen LogP contribution in [0.3, 0.4) is 0 Å². The number of halogens is 1. The van der Waals surface area contributed by atoms with E-state index in [2.05, 4.69) is 10.3 Å². The van der Waals surface area contributed by atoms with Crippen molar-refractivity contribution in [3.8, 4) is 0 Å². The molecule has 0 aliphatic rings. The van der Waals surface area contributed by atoms with E-state index in [4.69, 9.17) is 17.3 Å². The summed E-state index contributed by atoms with van der Waals surface area (Å²) in [5.41, 5.74) is 5.84. The van der Waals surface area contributed by atoms with Crippen molar-refractivity contribution in [1.29, 1.82) is 0 Å². The van der Waals surface area contributed by atoms with E-state index in [1.165, 1.54) is 11.3 Å². The molecule has 102 valence electrons. The fourth-order valence-corrected chi connectivity index (χ4v) is 2.71. The van der Waals surface area contributed by atoms with Crippen molar-refractivity contribution in [3.63, 3.8) is 0 Å². The highest BCUT2D eigenvalue weighted by Gasteiger charge is 2.15. The van der Waals surface area contributed by atoms with Crippen LogP contribution in [-0.2, 0) is 6.54 Å². The molecule has 1 unspecified atom stereocenters. The third kappa shape index (κ3) is 3.56. The van der Waals surface area contributed by atoms with Gasteiger partial charge in [-0.3, -0.25) is 4.79 Å². The average Bonchev–Trinajstić information content (AvgIpc) is 2.98. The van der Waals surface area contributed by atoms with Gasteiger partial charge in [-0.05, 0) is 19.1 Å². The highest BCUT2D eigenvalue weighted by molar-refractivity contribution is 7.16. The topological polar surface area (TPSA) is 72.9 Å². The Bertz CT molecular complexity index is 566. The molecule has 5 nitrogen and oxygen atoms in total. The number of hydrogen-bond donors (Lipinski definition) is 2. The molecule has 2 rings (SSSR count). The highest BCUT2D eigenvalue weighted by atomic mass is 35.5. The van der Waals surface area contributed by atoms with Crippen LogP contribution in [0, 0.1) is 0 Å². The van der Waals surface area contributed by atoms with Crippen molar-refractivity contribution < 1.29 is 4.79 Å². The lowest BCUT2D eigenvalue weighted by Gasteiger charge is -2.10. The predicted molar refractivity (Wildman–Crippen MR) is 76.5 cm³/mol. The van der Waals surface area contributed by atoms with Gasteiger partial charge >= 0.3 is 0 Å². The lowest BCUT2D eigenvalue weighted by Crippen LogP contribution is -2.26. The second-order valence-corrected chi connectivity index (χ2v) is 5.87. The molecule has 1 atom stereocenters. The standard InChI is InChI=1S/C12H15ClN4OS/c1-8(10-2-3-11(13)19-10)16-12(18)9-6-17(5-4-14)7-15-9/h2-3,6-8H,4-5,14H2,1H3,(H,16,18). The minimum atomic E-state index is -0.201. The van der Waals surface area contributed by atoms with Crippen molar-refractivity contribution in [1.82, 2.24) is 14.9 Å². The van der Waals surface area contributed by atoms with E-state index in [1.54, 1.807) is 17.1 Å². The maximum atomic E-state index is 12.0. The summed E-state index contributed by atoms with van der Waals surface area (Å²) in [5.74, 6) is -0.201. The number of thiophene rings is 1. The van der Waals surface area contributed by atoms with Gasteiger partial charge < -0.3 is 15.6 Å². The molecule has 0 fully saturated rings. The SMILES string of the molecule is CC(NC(=O)c1cn(CCN)cn1)c1ccc(Cl)s1. The van der Waals surface area contributed by atoms with Crippen LogP contribution in [0.25, 0.3) is 0 Å². The number of nitrogens with one attached hydrogen (secondary N) is 1. The van der Waals surface area contributed by atoms with E-state index >= 15 is 0 Å². The van der Waals surface area contributed by atoms with Gasteiger partial charge in [0.15, 0.2) is 0 Å². The monoisotopic (exact) mass is 298 g/mol. The van der Waals surface area contributed by atoms with Crippen molar-refractivity contribution >= 4 is 28.8 Å². The highest BCUT2D eigenvalue weighted by Crippen LogP contribution is 2.26. The molecule has 19 heavy (non-hydrogen) atoms. The van der Waals surface area contributed by atoms with Gasteiger partial charge in [0.05, 0.1) is 16.7 Å². The fourth-order valence-electron chi connectivity index (χ4n) is 1.65. The summed E-state index contributed by atoms with van der Waals surface area (Å²) in [5, 5.41) is 2.89. The van der Waals surface area contributed by atoms with Crippen LogP contribution in [0.2, 0.25) is 4.34 Å². The summed E-state index contributed by atoms with van der Waals surface area (Å²) < 4.78 is 2.50. The minimum absolute atomic E-state index is 0.0929. The van der Waals surface area contributed by atoms with Gasteiger partial charge in [0.2, 0.25) is 0 Å². The summed E-state index contributed by atoms with van der Waals surface area (Å²) in [4.78, 5) is 17.1. The molecule has 0 saturated carbocycles. The van der Waals surface area contributed by atoms with Gasteiger partial charge in [0, 0.05) is 24.2 Å². The number of carbonyl (C=O) groups excluding carboxylic acids is 1. The van der Waals surface area contributed by atoms with Crippen LogP contribution in [-0.4, -0.2) is 22.0 Å². The van der Waals surface area contributed by atoms with E-state index < -0.39 is 0 Å². The predicted octanol–water partition coefficient (Wildman–Crippen LogP) is 2.05. The molecule has 0 saturated heterocycles. The smallest absolute Gasteiger partial charge is 0.271 e. The zero-order valence-electron chi connectivity index (χ0n) is 10.5. The van der Waals surface area contributed by atoms with Crippen molar-refractivity contribution in [3.05, 3.63) is 39.6 Å². The lowest BCUT2D eigenvalue weighted by molar-refractivity contribution is 0.0936. The lowest BCUT2D eigenvalue weighted by atomic mass is 10.2. The first kappa shape index (κ1) is 14.0. The van der Waals surface area contributed by atoms with E-state index in [-0.39, 0.29) is 11.9 Å². The summed E-state index contributed by atoms with van der Waals surface area (Å²) in [6.07, 6.45) is 3.30. The Morgan fingerprint density at radius 2 is 2.42 bits per heavy atom. The second kappa shape index (κ2) is 6.18. The molecule has 2 heterocycles. The Morgan fingerprint density at radius 1 is 1.63 bits per heavy atom. The Labute approximate surface area is 120 Å². The maximum Gasteiger partial charge on any atom is 0.271 e. The van der Waals surface area contributed by atoms with Crippen LogP contribution in [0.1, 0.15) is 28.3 Å². The molecule has 0 aliphatic heterocycles. The van der Waals surface area contributed by atoms with E-state index in [1.807, 2.05) is 19.1 Å². The van der Waals surface area contributed by atoms with Crippen LogP contribution >= 0.6 is 22.9 Å². The summed E-state index contributed by atoms with van der Waals surface area (Å²) in [6.45, 7) is 3.08. The molecule has 2 aromatic heterocycles. The van der Waals surface area contributed by atoms with Gasteiger partial charge in [-0.15, -0.1) is 11.3 Å². The number of amides is 1. The number of nitrogens with two attached hydrogens (primary N) is 1. The fraction of sp³-hybridized carbons (Fsp3) is 0.333. The molecule has 0 radical (unpaired) electrons. The van der Waals surface area contributed by atoms with Crippen LogP contribution in [0.5, 0.6) is 0 Å². The van der Waals surface area contributed by atoms with E-state index in [0.717, 1.165) is 4.88 Å². The Hall–Kier alpha value is -1.37. The van der Waals surface area contributed by atoms with Gasteiger partial charge in [-0.2, -0.15) is 0 Å². The molecule has 7 heteroatoms. The van der Waals surface area contributed by atoms with Crippen molar-refractivity contribution in [2.24, 2.45) is 5.73 Å². The summed E-state index contributed by atoms with van der Waals surface area (Å²) in [7, 11) is 0. The Morgan fingerprint density at radius 3 is 3.05 bits per heavy atom. The van der Waals surface area contributed by atoms with Crippen molar-refractivity contribution in [2.45, 2.75) is 19.5 Å². The Balaban J connectivity index is 1.99. The van der Waals surface area contributed by atoms with Gasteiger partial charge in [0.1, 0.15) is 5.69 Å². The van der Waals surface area contributed by atoms with Crippen LogP contribution < -0.4 is 11.1 Å². The van der Waals surface area contributed by atoms with Crippen LogP contribution in [0.15, 0.2) is 24.7 Å². The van der Waals surface area contributed by atoms with E-state index in [9.17, 15) is 4.79 Å². The molecule has 0 bridgehead atoms. The number of rotatable bonds is 5.